The third kappa shape index (κ3) is 11.9. The summed E-state index contributed by atoms with van der Waals surface area (Å²) in [6, 6.07) is 0. The summed E-state index contributed by atoms with van der Waals surface area (Å²) in [6.07, 6.45) is 1.31. The van der Waals surface area contributed by atoms with Crippen molar-refractivity contribution in [3.8, 4) is 0 Å². The van der Waals surface area contributed by atoms with Gasteiger partial charge in [0.15, 0.2) is 0 Å². The van der Waals surface area contributed by atoms with Gasteiger partial charge in [-0.3, -0.25) is 4.79 Å². The quantitative estimate of drug-likeness (QED) is 0.0910. The molecule has 24 atom stereocenters. The average Bonchev–Trinajstić information content (AvgIpc) is 3.23. The molecule has 3 aliphatic rings. The first-order valence-corrected chi connectivity index (χ1v) is 55.3. The van der Waals surface area contributed by atoms with E-state index in [1.807, 2.05) is 19.9 Å². The summed E-state index contributed by atoms with van der Waals surface area (Å²) in [7, 11) is 35.7. The van der Waals surface area contributed by atoms with Gasteiger partial charge in [0.1, 0.15) is 11.7 Å². The van der Waals surface area contributed by atoms with E-state index in [4.69, 9.17) is 13.8 Å². The average molecular weight is 1120 g/mol. The maximum Gasteiger partial charge on any atom is 0.312 e. The minimum Gasteiger partial charge on any atom is -0.461 e. The SMILES string of the molecule is C=CCCC1OC(=O)C2C(O)C3(O)CC(OP(P(P)P(P)P)P(P(P)P)P(P)P)C(C)=C(C(OP(P(P)P)P(PP)P(P)P)C[C@]12C)C3(C)C. The number of allylic oxidation sites excluding steroid dienone is 1. The molecular formula is C21H55O6P23. The van der Waals surface area contributed by atoms with Crippen molar-refractivity contribution >= 4 is 192 Å². The Labute approximate surface area is 342 Å². The van der Waals surface area contributed by atoms with Gasteiger partial charge in [0, 0.05) is 38.2 Å². The van der Waals surface area contributed by atoms with Gasteiger partial charge in [-0.1, -0.05) is 43.7 Å². The van der Waals surface area contributed by atoms with Gasteiger partial charge in [-0.15, -0.1) is 105 Å². The molecular weight excluding hydrogens is 1060 g/mol. The molecule has 23 unspecified atom stereocenters. The van der Waals surface area contributed by atoms with Crippen molar-refractivity contribution in [1.82, 2.24) is 0 Å². The largest absolute Gasteiger partial charge is 0.461 e. The Balaban J connectivity index is 2.37. The van der Waals surface area contributed by atoms with Crippen molar-refractivity contribution in [2.75, 3.05) is 0 Å². The molecule has 0 aromatic rings. The smallest absolute Gasteiger partial charge is 0.312 e. The van der Waals surface area contributed by atoms with Gasteiger partial charge in [-0.25, -0.2) is 0 Å². The first-order chi connectivity index (χ1) is 23.0. The Kier molecular flexibility index (Phi) is 24.4. The number of hydrogen-bond donors (Lipinski definition) is 2. The zero-order chi connectivity index (χ0) is 38.3. The van der Waals surface area contributed by atoms with Crippen molar-refractivity contribution in [3.05, 3.63) is 23.8 Å². The minimum atomic E-state index is -1.66. The van der Waals surface area contributed by atoms with Crippen LogP contribution in [-0.2, 0) is 18.6 Å². The second-order valence-electron chi connectivity index (χ2n) is 12.9. The van der Waals surface area contributed by atoms with Crippen LogP contribution in [0.2, 0.25) is 0 Å². The lowest BCUT2D eigenvalue weighted by molar-refractivity contribution is -0.198. The molecule has 1 saturated heterocycles. The van der Waals surface area contributed by atoms with E-state index in [0.717, 1.165) is 11.1 Å². The lowest BCUT2D eigenvalue weighted by atomic mass is 9.51. The molecule has 0 spiro atoms. The third-order valence-corrected chi connectivity index (χ3v) is 128. The van der Waals surface area contributed by atoms with Crippen LogP contribution in [0.15, 0.2) is 23.8 Å². The molecule has 6 nitrogen and oxygen atoms in total. The first kappa shape index (κ1) is 53.0. The molecule has 3 rings (SSSR count). The van der Waals surface area contributed by atoms with E-state index in [1.165, 1.54) is 0 Å². The predicted molar refractivity (Wildman–Crippen MR) is 291 cm³/mol. The van der Waals surface area contributed by atoms with E-state index in [-0.39, 0.29) is 19.5 Å². The van der Waals surface area contributed by atoms with Crippen LogP contribution in [0.1, 0.15) is 53.4 Å². The predicted octanol–water partition coefficient (Wildman–Crippen LogP) is 15.6. The van der Waals surface area contributed by atoms with Crippen LogP contribution in [0.3, 0.4) is 0 Å². The summed E-state index contributed by atoms with van der Waals surface area (Å²) in [4.78, 5) is 14.0. The van der Waals surface area contributed by atoms with Crippen LogP contribution in [0, 0.1) is 16.7 Å². The van der Waals surface area contributed by atoms with Crippen molar-refractivity contribution in [3.63, 3.8) is 0 Å². The van der Waals surface area contributed by atoms with E-state index in [1.54, 1.807) is 0 Å². The maximum atomic E-state index is 14.0. The summed E-state index contributed by atoms with van der Waals surface area (Å²) < 4.78 is 21.2. The lowest BCUT2D eigenvalue weighted by Gasteiger charge is -2.59. The van der Waals surface area contributed by atoms with Crippen LogP contribution < -0.4 is 0 Å². The Bertz CT molecular complexity index is 1220. The minimum absolute atomic E-state index is 0.204. The van der Waals surface area contributed by atoms with E-state index < -0.39 is 111 Å². The highest BCUT2D eigenvalue weighted by molar-refractivity contribution is 9.19. The van der Waals surface area contributed by atoms with Crippen molar-refractivity contribution in [2.45, 2.75) is 83.4 Å². The molecule has 29 heteroatoms. The molecule has 0 amide bonds. The number of aliphatic hydroxyl groups excluding tert-OH is 1. The Hall–Kier alpha value is 8.68. The zero-order valence-corrected chi connectivity index (χ0v) is 52.2. The summed E-state index contributed by atoms with van der Waals surface area (Å²) in [6.45, 7) is 8.61. The topological polar surface area (TPSA) is 85.2 Å². The normalized spacial score (nSPS) is 34.2. The van der Waals surface area contributed by atoms with Crippen LogP contribution in [-0.4, -0.2) is 46.2 Å². The standard InChI is InChI=1S/C21H55O6P23/c1-6-7-8-14-20(5)9-13(27-41(43(29)30)49(40-28)45(33)34)15-11(2)12(26-42(48(39)44(31)32)50(46(35)36)47(37)38)10-21(24,19(15,3)4)17(22)16(20)18(23)25-14/h6,12-14,16-17,22,24,40H,1,7-10,28-39H2,2-5H3/t12?,13?,14?,16?,17?,20-,21?,41?,42?,48?,49?/m1/s1. The Morgan fingerprint density at radius 2 is 1.46 bits per heavy atom. The van der Waals surface area contributed by atoms with Crippen LogP contribution >= 0.6 is 186 Å². The van der Waals surface area contributed by atoms with Gasteiger partial charge >= 0.3 is 5.97 Å². The number of hydrogen-bond acceptors (Lipinski definition) is 6. The zero-order valence-electron chi connectivity index (χ0n) is 28.4. The second-order valence-corrected chi connectivity index (χ2v) is 96.2. The van der Waals surface area contributed by atoms with Crippen molar-refractivity contribution in [1.29, 1.82) is 0 Å². The first-order valence-electron chi connectivity index (χ1n) is 15.0. The number of carbonyl (C=O) groups excluding carboxylic acids is 1. The number of ether oxygens (including phenoxy) is 1. The number of aliphatic hydroxyl groups is 2. The highest BCUT2D eigenvalue weighted by atomic mass is 33.2. The van der Waals surface area contributed by atoms with Crippen LogP contribution in [0.4, 0.5) is 0 Å². The second kappa shape index (κ2) is 23.0. The van der Waals surface area contributed by atoms with Crippen molar-refractivity contribution in [2.24, 2.45) is 16.7 Å². The molecule has 1 saturated carbocycles. The molecule has 0 aromatic heterocycles. The van der Waals surface area contributed by atoms with Gasteiger partial charge < -0.3 is 24.0 Å². The molecule has 1 heterocycles. The number of carbonyl (C=O) groups is 1. The molecule has 1 aliphatic heterocycles. The molecule has 2 aliphatic carbocycles. The number of cyclic esters (lactones) is 1. The fourth-order valence-corrected chi connectivity index (χ4v) is 169. The number of fused-ring (bicyclic) bond motifs is 3. The van der Waals surface area contributed by atoms with Gasteiger partial charge in [-0.2, -0.15) is 0 Å². The molecule has 2 fully saturated rings. The molecule has 0 radical (unpaired) electrons. The third-order valence-electron chi connectivity index (χ3n) is 9.62. The highest BCUT2D eigenvalue weighted by Gasteiger charge is 2.69. The summed E-state index contributed by atoms with van der Waals surface area (Å²) in [5, 5.41) is 25.8. The molecule has 50 heavy (non-hydrogen) atoms. The molecule has 2 bridgehead atoms. The maximum absolute atomic E-state index is 14.0. The van der Waals surface area contributed by atoms with E-state index in [0.29, 0.717) is 27.2 Å². The summed E-state index contributed by atoms with van der Waals surface area (Å²) >= 11 is 0. The van der Waals surface area contributed by atoms with E-state index >= 15 is 0 Å². The van der Waals surface area contributed by atoms with Gasteiger partial charge in [-0.05, 0) is 72.3 Å². The van der Waals surface area contributed by atoms with Gasteiger partial charge in [0.2, 0.25) is 0 Å². The Morgan fingerprint density at radius 3 is 1.92 bits per heavy atom. The highest BCUT2D eigenvalue weighted by Crippen LogP contribution is 3.18. The van der Waals surface area contributed by atoms with E-state index in [9.17, 15) is 15.0 Å². The van der Waals surface area contributed by atoms with Gasteiger partial charge in [0.25, 0.3) is 0 Å². The number of rotatable bonds is 16. The summed E-state index contributed by atoms with van der Waals surface area (Å²) in [5.74, 6) is -1.33. The van der Waals surface area contributed by atoms with E-state index in [2.05, 4.69) is 128 Å². The number of esters is 1. The fraction of sp³-hybridized carbons (Fsp3) is 0.762. The molecule has 2 N–H and O–H groups in total. The fourth-order valence-electron chi connectivity index (χ4n) is 7.13. The molecule has 290 valence electrons. The summed E-state index contributed by atoms with van der Waals surface area (Å²) in [5.41, 5.74) is -1.19. The monoisotopic (exact) mass is 1120 g/mol. The lowest BCUT2D eigenvalue weighted by Crippen LogP contribution is -2.66. The van der Waals surface area contributed by atoms with Gasteiger partial charge in [0.05, 0.1) is 39.3 Å². The van der Waals surface area contributed by atoms with Crippen LogP contribution in [0.5, 0.6) is 0 Å². The van der Waals surface area contributed by atoms with Crippen molar-refractivity contribution < 1.29 is 28.8 Å². The molecule has 0 aromatic carbocycles. The Morgan fingerprint density at radius 1 is 0.900 bits per heavy atom. The van der Waals surface area contributed by atoms with Crippen LogP contribution in [0.25, 0.3) is 0 Å².